The highest BCUT2D eigenvalue weighted by molar-refractivity contribution is 5.58. The van der Waals surface area contributed by atoms with Gasteiger partial charge in [0.25, 0.3) is 0 Å². The standard InChI is InChI=1S/C11H14O/c1-4-5-10-8-9(2)6-7-11(10)12-3/h4-8H,1-3H3. The minimum Gasteiger partial charge on any atom is -0.496 e. The van der Waals surface area contributed by atoms with Gasteiger partial charge in [0.05, 0.1) is 7.11 Å². The van der Waals surface area contributed by atoms with Crippen molar-refractivity contribution >= 4 is 6.08 Å². The van der Waals surface area contributed by atoms with Gasteiger partial charge in [0.15, 0.2) is 0 Å². The SMILES string of the molecule is CC=Cc1cc(C)ccc1OC. The first-order chi connectivity index (χ1) is 5.77. The summed E-state index contributed by atoms with van der Waals surface area (Å²) in [7, 11) is 1.69. The van der Waals surface area contributed by atoms with Crippen LogP contribution in [0.1, 0.15) is 18.1 Å². The van der Waals surface area contributed by atoms with Gasteiger partial charge in [-0.3, -0.25) is 0 Å². The van der Waals surface area contributed by atoms with E-state index in [9.17, 15) is 0 Å². The molecule has 1 nitrogen and oxygen atoms in total. The van der Waals surface area contributed by atoms with Gasteiger partial charge in [0.1, 0.15) is 5.75 Å². The van der Waals surface area contributed by atoms with Gasteiger partial charge in [-0.25, -0.2) is 0 Å². The number of rotatable bonds is 2. The van der Waals surface area contributed by atoms with Crippen LogP contribution in [0.15, 0.2) is 24.3 Å². The van der Waals surface area contributed by atoms with Crippen LogP contribution in [0.4, 0.5) is 0 Å². The van der Waals surface area contributed by atoms with Crippen molar-refractivity contribution in [2.75, 3.05) is 7.11 Å². The second-order valence-corrected chi connectivity index (χ2v) is 2.75. The highest BCUT2D eigenvalue weighted by atomic mass is 16.5. The number of ether oxygens (including phenoxy) is 1. The number of benzene rings is 1. The molecule has 1 rings (SSSR count). The van der Waals surface area contributed by atoms with E-state index in [1.807, 2.05) is 31.2 Å². The zero-order valence-electron chi connectivity index (χ0n) is 7.79. The minimum absolute atomic E-state index is 0.929. The van der Waals surface area contributed by atoms with E-state index in [-0.39, 0.29) is 0 Å². The largest absolute Gasteiger partial charge is 0.496 e. The summed E-state index contributed by atoms with van der Waals surface area (Å²) in [5.41, 5.74) is 2.39. The van der Waals surface area contributed by atoms with Crippen LogP contribution in [0.3, 0.4) is 0 Å². The van der Waals surface area contributed by atoms with Crippen molar-refractivity contribution in [3.63, 3.8) is 0 Å². The first-order valence-electron chi connectivity index (χ1n) is 4.05. The predicted octanol–water partition coefficient (Wildman–Crippen LogP) is 3.04. The number of hydrogen-bond donors (Lipinski definition) is 0. The third kappa shape index (κ3) is 1.88. The molecule has 0 atom stereocenters. The van der Waals surface area contributed by atoms with Gasteiger partial charge in [-0.05, 0) is 26.0 Å². The number of methoxy groups -OCH3 is 1. The van der Waals surface area contributed by atoms with Crippen LogP contribution in [-0.4, -0.2) is 7.11 Å². The molecule has 0 heterocycles. The molecule has 0 aliphatic carbocycles. The summed E-state index contributed by atoms with van der Waals surface area (Å²) in [4.78, 5) is 0. The van der Waals surface area contributed by atoms with E-state index < -0.39 is 0 Å². The molecule has 0 saturated heterocycles. The Balaban J connectivity index is 3.12. The van der Waals surface area contributed by atoms with E-state index in [4.69, 9.17) is 4.74 Å². The molecule has 0 spiro atoms. The zero-order valence-corrected chi connectivity index (χ0v) is 7.79. The molecule has 1 aromatic carbocycles. The first-order valence-corrected chi connectivity index (χ1v) is 4.05. The van der Waals surface area contributed by atoms with Crippen LogP contribution in [-0.2, 0) is 0 Å². The van der Waals surface area contributed by atoms with Gasteiger partial charge in [-0.2, -0.15) is 0 Å². The summed E-state index contributed by atoms with van der Waals surface area (Å²) in [6.07, 6.45) is 4.06. The molecule has 1 heteroatoms. The van der Waals surface area contributed by atoms with Gasteiger partial charge in [0.2, 0.25) is 0 Å². The van der Waals surface area contributed by atoms with Gasteiger partial charge in [-0.15, -0.1) is 0 Å². The number of aryl methyl sites for hydroxylation is 1. The summed E-state index contributed by atoms with van der Waals surface area (Å²) < 4.78 is 5.20. The highest BCUT2D eigenvalue weighted by Gasteiger charge is 1.97. The average Bonchev–Trinajstić information content (AvgIpc) is 2.05. The fraction of sp³-hybridized carbons (Fsp3) is 0.273. The molecule has 0 aliphatic rings. The molecule has 0 bridgehead atoms. The monoisotopic (exact) mass is 162 g/mol. The van der Waals surface area contributed by atoms with Crippen LogP contribution < -0.4 is 4.74 Å². The Labute approximate surface area is 73.7 Å². The third-order valence-electron chi connectivity index (χ3n) is 1.73. The van der Waals surface area contributed by atoms with Crippen molar-refractivity contribution < 1.29 is 4.74 Å². The lowest BCUT2D eigenvalue weighted by Crippen LogP contribution is -1.87. The van der Waals surface area contributed by atoms with E-state index in [2.05, 4.69) is 13.0 Å². The highest BCUT2D eigenvalue weighted by Crippen LogP contribution is 2.20. The summed E-state index contributed by atoms with van der Waals surface area (Å²) in [5, 5.41) is 0. The average molecular weight is 162 g/mol. The van der Waals surface area contributed by atoms with Crippen molar-refractivity contribution in [3.8, 4) is 5.75 Å². The van der Waals surface area contributed by atoms with Crippen molar-refractivity contribution in [1.29, 1.82) is 0 Å². The topological polar surface area (TPSA) is 9.23 Å². The van der Waals surface area contributed by atoms with Crippen LogP contribution in [0.2, 0.25) is 0 Å². The molecule has 12 heavy (non-hydrogen) atoms. The van der Waals surface area contributed by atoms with Crippen LogP contribution in [0, 0.1) is 6.92 Å². The Morgan fingerprint density at radius 1 is 1.33 bits per heavy atom. The van der Waals surface area contributed by atoms with Gasteiger partial charge >= 0.3 is 0 Å². The third-order valence-corrected chi connectivity index (χ3v) is 1.73. The normalized spacial score (nSPS) is 10.6. The Bertz CT molecular complexity index is 287. The molecule has 1 aromatic rings. The summed E-state index contributed by atoms with van der Waals surface area (Å²) >= 11 is 0. The minimum atomic E-state index is 0.929. The maximum Gasteiger partial charge on any atom is 0.126 e. The molecule has 0 saturated carbocycles. The Kier molecular flexibility index (Phi) is 2.92. The molecule has 0 unspecified atom stereocenters. The maximum absolute atomic E-state index is 5.20. The van der Waals surface area contributed by atoms with Crippen LogP contribution >= 0.6 is 0 Å². The van der Waals surface area contributed by atoms with Gasteiger partial charge in [0, 0.05) is 5.56 Å². The lowest BCUT2D eigenvalue weighted by Gasteiger charge is -2.04. The Morgan fingerprint density at radius 2 is 2.08 bits per heavy atom. The van der Waals surface area contributed by atoms with Crippen molar-refractivity contribution in [3.05, 3.63) is 35.4 Å². The summed E-state index contributed by atoms with van der Waals surface area (Å²) in [5.74, 6) is 0.929. The van der Waals surface area contributed by atoms with Crippen molar-refractivity contribution in [1.82, 2.24) is 0 Å². The van der Waals surface area contributed by atoms with Crippen molar-refractivity contribution in [2.24, 2.45) is 0 Å². The lowest BCUT2D eigenvalue weighted by atomic mass is 10.1. The Hall–Kier alpha value is -1.24. The molecular weight excluding hydrogens is 148 g/mol. The summed E-state index contributed by atoms with van der Waals surface area (Å²) in [6.45, 7) is 4.08. The fourth-order valence-corrected chi connectivity index (χ4v) is 1.16. The van der Waals surface area contributed by atoms with Gasteiger partial charge in [-0.1, -0.05) is 23.8 Å². The molecule has 0 aromatic heterocycles. The van der Waals surface area contributed by atoms with Gasteiger partial charge < -0.3 is 4.74 Å². The Morgan fingerprint density at radius 3 is 2.67 bits per heavy atom. The lowest BCUT2D eigenvalue weighted by molar-refractivity contribution is 0.413. The second-order valence-electron chi connectivity index (χ2n) is 2.75. The molecule has 64 valence electrons. The van der Waals surface area contributed by atoms with E-state index >= 15 is 0 Å². The van der Waals surface area contributed by atoms with E-state index in [1.165, 1.54) is 5.56 Å². The number of hydrogen-bond acceptors (Lipinski definition) is 1. The number of allylic oxidation sites excluding steroid dienone is 1. The van der Waals surface area contributed by atoms with Crippen molar-refractivity contribution in [2.45, 2.75) is 13.8 Å². The fourth-order valence-electron chi connectivity index (χ4n) is 1.16. The van der Waals surface area contributed by atoms with E-state index in [0.717, 1.165) is 11.3 Å². The molecule has 0 amide bonds. The molecule has 0 aliphatic heterocycles. The zero-order chi connectivity index (χ0) is 8.97. The first kappa shape index (κ1) is 8.85. The molecule has 0 N–H and O–H groups in total. The maximum atomic E-state index is 5.20. The second kappa shape index (κ2) is 3.96. The van der Waals surface area contributed by atoms with Crippen LogP contribution in [0.5, 0.6) is 5.75 Å². The quantitative estimate of drug-likeness (QED) is 0.649. The van der Waals surface area contributed by atoms with E-state index in [0.29, 0.717) is 0 Å². The molecule has 0 fully saturated rings. The predicted molar refractivity (Wildman–Crippen MR) is 52.4 cm³/mol. The molecule has 0 radical (unpaired) electrons. The van der Waals surface area contributed by atoms with E-state index in [1.54, 1.807) is 7.11 Å². The summed E-state index contributed by atoms with van der Waals surface area (Å²) in [6, 6.07) is 6.15. The molecular formula is C11H14O. The smallest absolute Gasteiger partial charge is 0.126 e. The van der Waals surface area contributed by atoms with Crippen LogP contribution in [0.25, 0.3) is 6.08 Å².